The van der Waals surface area contributed by atoms with E-state index in [1.807, 2.05) is 42.3 Å². The summed E-state index contributed by atoms with van der Waals surface area (Å²) >= 11 is 0. The SMILES string of the molecule is CN(Cc1ccccc1)C(=O)NCCC(=O)N(C)C1CC2CCC(C1)N2.Cl. The van der Waals surface area contributed by atoms with E-state index in [1.165, 1.54) is 12.8 Å². The second-order valence-electron chi connectivity index (χ2n) is 7.59. The quantitative estimate of drug-likeness (QED) is 0.778. The Balaban J connectivity index is 0.00000261. The molecule has 2 aliphatic heterocycles. The van der Waals surface area contributed by atoms with E-state index in [0.29, 0.717) is 37.6 Å². The molecule has 3 rings (SSSR count). The number of fused-ring (bicyclic) bond motifs is 2. The molecular weight excluding hydrogens is 364 g/mol. The minimum absolute atomic E-state index is 0. The predicted octanol–water partition coefficient (Wildman–Crippen LogP) is 2.38. The summed E-state index contributed by atoms with van der Waals surface area (Å²) in [7, 11) is 3.67. The average Bonchev–Trinajstić information content (AvgIpc) is 2.99. The second kappa shape index (κ2) is 9.95. The van der Waals surface area contributed by atoms with E-state index in [1.54, 1.807) is 11.9 Å². The van der Waals surface area contributed by atoms with Crippen molar-refractivity contribution in [3.63, 3.8) is 0 Å². The van der Waals surface area contributed by atoms with Crippen molar-refractivity contribution in [2.24, 2.45) is 0 Å². The van der Waals surface area contributed by atoms with E-state index in [-0.39, 0.29) is 24.3 Å². The van der Waals surface area contributed by atoms with Crippen molar-refractivity contribution in [3.05, 3.63) is 35.9 Å². The fourth-order valence-corrected chi connectivity index (χ4v) is 4.06. The summed E-state index contributed by atoms with van der Waals surface area (Å²) in [6.07, 6.45) is 4.90. The van der Waals surface area contributed by atoms with Crippen molar-refractivity contribution in [2.45, 2.75) is 56.8 Å². The zero-order chi connectivity index (χ0) is 18.5. The van der Waals surface area contributed by atoms with Crippen LogP contribution in [0.1, 0.15) is 37.7 Å². The van der Waals surface area contributed by atoms with Gasteiger partial charge in [0.05, 0.1) is 0 Å². The van der Waals surface area contributed by atoms with Crippen LogP contribution >= 0.6 is 12.4 Å². The molecule has 2 fully saturated rings. The van der Waals surface area contributed by atoms with Gasteiger partial charge in [-0.25, -0.2) is 4.79 Å². The highest BCUT2D eigenvalue weighted by molar-refractivity contribution is 5.85. The molecule has 6 nitrogen and oxygen atoms in total. The van der Waals surface area contributed by atoms with Crippen LogP contribution in [0.2, 0.25) is 0 Å². The Labute approximate surface area is 168 Å². The van der Waals surface area contributed by atoms with Gasteiger partial charge in [0.2, 0.25) is 5.91 Å². The Hall–Kier alpha value is -1.79. The first-order chi connectivity index (χ1) is 12.5. The molecule has 2 aliphatic rings. The smallest absolute Gasteiger partial charge is 0.317 e. The Morgan fingerprint density at radius 3 is 2.37 bits per heavy atom. The summed E-state index contributed by atoms with van der Waals surface area (Å²) in [6.45, 7) is 0.928. The number of nitrogens with zero attached hydrogens (tertiary/aromatic N) is 2. The summed E-state index contributed by atoms with van der Waals surface area (Å²) in [4.78, 5) is 28.2. The number of carbonyl (C=O) groups is 2. The minimum atomic E-state index is -0.149. The molecule has 27 heavy (non-hydrogen) atoms. The van der Waals surface area contributed by atoms with E-state index in [0.717, 1.165) is 18.4 Å². The molecule has 1 aromatic rings. The van der Waals surface area contributed by atoms with E-state index < -0.39 is 0 Å². The number of benzene rings is 1. The molecule has 7 heteroatoms. The molecule has 2 atom stereocenters. The largest absolute Gasteiger partial charge is 0.343 e. The molecule has 0 spiro atoms. The third-order valence-corrected chi connectivity index (χ3v) is 5.61. The number of piperidine rings is 1. The zero-order valence-electron chi connectivity index (χ0n) is 16.2. The van der Waals surface area contributed by atoms with Gasteiger partial charge < -0.3 is 20.4 Å². The molecule has 150 valence electrons. The van der Waals surface area contributed by atoms with Crippen LogP contribution in [0.15, 0.2) is 30.3 Å². The highest BCUT2D eigenvalue weighted by Crippen LogP contribution is 2.29. The van der Waals surface area contributed by atoms with Crippen molar-refractivity contribution < 1.29 is 9.59 Å². The van der Waals surface area contributed by atoms with Crippen LogP contribution in [-0.2, 0) is 11.3 Å². The standard InChI is InChI=1S/C20H30N4O2.ClH/c1-23(14-15-6-4-3-5-7-15)20(26)21-11-10-19(25)24(2)18-12-16-8-9-17(13-18)22-16;/h3-7,16-18,22H,8-14H2,1-2H3,(H,21,26);1H. The molecule has 1 aromatic carbocycles. The summed E-state index contributed by atoms with van der Waals surface area (Å²) in [5.41, 5.74) is 1.08. The molecule has 3 amide bonds. The van der Waals surface area contributed by atoms with Crippen LogP contribution in [0.4, 0.5) is 4.79 Å². The molecule has 0 radical (unpaired) electrons. The van der Waals surface area contributed by atoms with Crippen LogP contribution < -0.4 is 10.6 Å². The third kappa shape index (κ3) is 5.84. The van der Waals surface area contributed by atoms with E-state index in [4.69, 9.17) is 0 Å². The van der Waals surface area contributed by atoms with Gasteiger partial charge in [0.15, 0.2) is 0 Å². The van der Waals surface area contributed by atoms with E-state index in [2.05, 4.69) is 10.6 Å². The monoisotopic (exact) mass is 394 g/mol. The number of carbonyl (C=O) groups excluding carboxylic acids is 2. The molecule has 2 N–H and O–H groups in total. The minimum Gasteiger partial charge on any atom is -0.343 e. The Morgan fingerprint density at radius 1 is 1.11 bits per heavy atom. The lowest BCUT2D eigenvalue weighted by atomic mass is 9.98. The van der Waals surface area contributed by atoms with Gasteiger partial charge in [-0.05, 0) is 31.2 Å². The maximum atomic E-state index is 12.5. The predicted molar refractivity (Wildman–Crippen MR) is 109 cm³/mol. The van der Waals surface area contributed by atoms with Gasteiger partial charge in [-0.3, -0.25) is 4.79 Å². The normalized spacial score (nSPS) is 23.3. The molecule has 0 aliphatic carbocycles. The van der Waals surface area contributed by atoms with Gasteiger partial charge in [0.1, 0.15) is 0 Å². The lowest BCUT2D eigenvalue weighted by Gasteiger charge is -2.35. The first-order valence-corrected chi connectivity index (χ1v) is 9.57. The molecule has 2 bridgehead atoms. The number of hydrogen-bond acceptors (Lipinski definition) is 3. The van der Waals surface area contributed by atoms with Crippen molar-refractivity contribution in [2.75, 3.05) is 20.6 Å². The Kier molecular flexibility index (Phi) is 7.92. The highest BCUT2D eigenvalue weighted by atomic mass is 35.5. The molecule has 0 aromatic heterocycles. The first-order valence-electron chi connectivity index (χ1n) is 9.57. The fourth-order valence-electron chi connectivity index (χ4n) is 4.06. The number of amides is 3. The summed E-state index contributed by atoms with van der Waals surface area (Å²) in [5.74, 6) is 0.113. The van der Waals surface area contributed by atoms with Crippen LogP contribution in [0.3, 0.4) is 0 Å². The first kappa shape index (κ1) is 21.5. The third-order valence-electron chi connectivity index (χ3n) is 5.61. The molecular formula is C20H31ClN4O2. The van der Waals surface area contributed by atoms with E-state index in [9.17, 15) is 9.59 Å². The summed E-state index contributed by atoms with van der Waals surface area (Å²) < 4.78 is 0. The van der Waals surface area contributed by atoms with Crippen molar-refractivity contribution >= 4 is 24.3 Å². The maximum Gasteiger partial charge on any atom is 0.317 e. The van der Waals surface area contributed by atoms with Crippen LogP contribution in [0.5, 0.6) is 0 Å². The van der Waals surface area contributed by atoms with Crippen LogP contribution in [0.25, 0.3) is 0 Å². The average molecular weight is 395 g/mol. The van der Waals surface area contributed by atoms with Gasteiger partial charge in [-0.1, -0.05) is 30.3 Å². The van der Waals surface area contributed by atoms with Gasteiger partial charge in [0, 0.05) is 51.7 Å². The second-order valence-corrected chi connectivity index (χ2v) is 7.59. The van der Waals surface area contributed by atoms with Gasteiger partial charge >= 0.3 is 6.03 Å². The van der Waals surface area contributed by atoms with E-state index >= 15 is 0 Å². The van der Waals surface area contributed by atoms with Gasteiger partial charge in [-0.15, -0.1) is 12.4 Å². The Morgan fingerprint density at radius 2 is 1.74 bits per heavy atom. The van der Waals surface area contributed by atoms with Crippen LogP contribution in [-0.4, -0.2) is 60.5 Å². The number of hydrogen-bond donors (Lipinski definition) is 2. The highest BCUT2D eigenvalue weighted by Gasteiger charge is 2.36. The summed E-state index contributed by atoms with van der Waals surface area (Å²) in [6, 6.07) is 11.2. The molecule has 2 heterocycles. The van der Waals surface area contributed by atoms with Gasteiger partial charge in [0.25, 0.3) is 0 Å². The van der Waals surface area contributed by atoms with Crippen molar-refractivity contribution in [3.8, 4) is 0 Å². The molecule has 2 unspecified atom stereocenters. The molecule has 2 saturated heterocycles. The van der Waals surface area contributed by atoms with Crippen molar-refractivity contribution in [1.29, 1.82) is 0 Å². The Bertz CT molecular complexity index is 616. The maximum absolute atomic E-state index is 12.5. The summed E-state index contributed by atoms with van der Waals surface area (Å²) in [5, 5.41) is 6.45. The topological polar surface area (TPSA) is 64.7 Å². The number of rotatable bonds is 6. The fraction of sp³-hybridized carbons (Fsp3) is 0.600. The number of urea groups is 1. The molecule has 0 saturated carbocycles. The lowest BCUT2D eigenvalue weighted by molar-refractivity contribution is -0.132. The van der Waals surface area contributed by atoms with Crippen molar-refractivity contribution in [1.82, 2.24) is 20.4 Å². The lowest BCUT2D eigenvalue weighted by Crippen LogP contribution is -2.49. The number of halogens is 1. The van der Waals surface area contributed by atoms with Crippen LogP contribution in [0, 0.1) is 0 Å². The van der Waals surface area contributed by atoms with Gasteiger partial charge in [-0.2, -0.15) is 0 Å². The number of nitrogens with one attached hydrogen (secondary N) is 2. The zero-order valence-corrected chi connectivity index (χ0v) is 17.0.